The number of esters is 2. The molecule has 10 heteroatoms. The zero-order valence-corrected chi connectivity index (χ0v) is 35.3. The van der Waals surface area contributed by atoms with E-state index in [2.05, 4.69) is 98.9 Å². The van der Waals surface area contributed by atoms with Crippen molar-refractivity contribution in [2.24, 2.45) is 5.73 Å². The predicted molar refractivity (Wildman–Crippen MR) is 229 cm³/mol. The van der Waals surface area contributed by atoms with Crippen LogP contribution in [-0.4, -0.2) is 49.3 Å². The number of phosphoric ester groups is 1. The maximum absolute atomic E-state index is 12.6. The molecular formula is C45H76NO8P. The van der Waals surface area contributed by atoms with Crippen LogP contribution in [0.2, 0.25) is 0 Å². The number of hydrogen-bond donors (Lipinski definition) is 2. The first-order valence-corrected chi connectivity index (χ1v) is 22.6. The molecule has 0 aliphatic rings. The van der Waals surface area contributed by atoms with Crippen molar-refractivity contribution in [1.82, 2.24) is 0 Å². The maximum Gasteiger partial charge on any atom is 0.472 e. The summed E-state index contributed by atoms with van der Waals surface area (Å²) in [5.74, 6) is -0.894. The number of ether oxygens (including phenoxy) is 2. The zero-order valence-electron chi connectivity index (χ0n) is 34.4. The van der Waals surface area contributed by atoms with E-state index in [1.807, 2.05) is 0 Å². The molecule has 314 valence electrons. The van der Waals surface area contributed by atoms with Crippen LogP contribution in [0.3, 0.4) is 0 Å². The quantitative estimate of drug-likeness (QED) is 0.0271. The lowest BCUT2D eigenvalue weighted by atomic mass is 10.1. The molecule has 0 bridgehead atoms. The van der Waals surface area contributed by atoms with Gasteiger partial charge < -0.3 is 20.1 Å². The highest BCUT2D eigenvalue weighted by atomic mass is 31.2. The Hall–Kier alpha value is -2.81. The summed E-state index contributed by atoms with van der Waals surface area (Å²) in [6, 6.07) is 0. The summed E-state index contributed by atoms with van der Waals surface area (Å²) in [4.78, 5) is 34.8. The number of allylic oxidation sites excluding steroid dienone is 14. The van der Waals surface area contributed by atoms with Gasteiger partial charge in [0, 0.05) is 19.4 Å². The van der Waals surface area contributed by atoms with Gasteiger partial charge in [0.25, 0.3) is 0 Å². The third kappa shape index (κ3) is 40.7. The minimum atomic E-state index is -4.39. The molecule has 55 heavy (non-hydrogen) atoms. The zero-order chi connectivity index (χ0) is 40.3. The first-order chi connectivity index (χ1) is 26.8. The predicted octanol–water partition coefficient (Wildman–Crippen LogP) is 12.0. The molecule has 0 aliphatic heterocycles. The van der Waals surface area contributed by atoms with E-state index in [9.17, 15) is 19.0 Å². The van der Waals surface area contributed by atoms with Gasteiger partial charge in [-0.15, -0.1) is 0 Å². The second kappa shape index (κ2) is 40.8. The molecule has 3 N–H and O–H groups in total. The first-order valence-electron chi connectivity index (χ1n) is 21.1. The molecule has 0 heterocycles. The Kier molecular flexibility index (Phi) is 38.8. The van der Waals surface area contributed by atoms with Crippen molar-refractivity contribution in [2.45, 2.75) is 161 Å². The molecule has 0 amide bonds. The van der Waals surface area contributed by atoms with Crippen LogP contribution in [0.1, 0.15) is 155 Å². The van der Waals surface area contributed by atoms with Crippen molar-refractivity contribution in [3.8, 4) is 0 Å². The number of carbonyl (C=O) groups is 2. The molecule has 0 aromatic heterocycles. The molecular weight excluding hydrogens is 713 g/mol. The van der Waals surface area contributed by atoms with Gasteiger partial charge in [-0.3, -0.25) is 18.6 Å². The second-order valence-electron chi connectivity index (χ2n) is 13.5. The van der Waals surface area contributed by atoms with E-state index >= 15 is 0 Å². The van der Waals surface area contributed by atoms with E-state index in [-0.39, 0.29) is 32.6 Å². The SMILES string of the molecule is CCC=CCC=CCC=CCCCCCCCC(=O)OC[C@H](COP(=O)(O)OCCN)OC(=O)CCCCCC=CCC=CCC=CCC=CCCCCC. The second-order valence-corrected chi connectivity index (χ2v) is 14.9. The van der Waals surface area contributed by atoms with Gasteiger partial charge >= 0.3 is 19.8 Å². The molecule has 1 unspecified atom stereocenters. The highest BCUT2D eigenvalue weighted by Crippen LogP contribution is 2.43. The molecule has 0 fully saturated rings. The number of hydrogen-bond acceptors (Lipinski definition) is 8. The molecule has 0 aliphatic carbocycles. The van der Waals surface area contributed by atoms with Crippen molar-refractivity contribution in [2.75, 3.05) is 26.4 Å². The van der Waals surface area contributed by atoms with Crippen LogP contribution in [0, 0.1) is 0 Å². The van der Waals surface area contributed by atoms with Crippen molar-refractivity contribution in [3.05, 3.63) is 85.1 Å². The molecule has 0 aromatic carbocycles. The van der Waals surface area contributed by atoms with Gasteiger partial charge in [0.1, 0.15) is 6.61 Å². The average molecular weight is 790 g/mol. The van der Waals surface area contributed by atoms with Gasteiger partial charge in [0.2, 0.25) is 0 Å². The van der Waals surface area contributed by atoms with Crippen molar-refractivity contribution < 1.29 is 37.6 Å². The van der Waals surface area contributed by atoms with E-state index in [0.29, 0.717) is 12.8 Å². The lowest BCUT2D eigenvalue weighted by Crippen LogP contribution is -2.29. The fourth-order valence-corrected chi connectivity index (χ4v) is 5.92. The van der Waals surface area contributed by atoms with Crippen LogP contribution in [0.25, 0.3) is 0 Å². The van der Waals surface area contributed by atoms with Crippen molar-refractivity contribution in [1.29, 1.82) is 0 Å². The van der Waals surface area contributed by atoms with Gasteiger partial charge in [0.15, 0.2) is 6.10 Å². The Morgan fingerprint density at radius 2 is 1.00 bits per heavy atom. The Balaban J connectivity index is 4.29. The number of rotatable bonds is 38. The summed E-state index contributed by atoms with van der Waals surface area (Å²) in [7, 11) is -4.39. The molecule has 9 nitrogen and oxygen atoms in total. The van der Waals surface area contributed by atoms with Gasteiger partial charge in [-0.2, -0.15) is 0 Å². The summed E-state index contributed by atoms with van der Waals surface area (Å²) in [6.45, 7) is 3.51. The van der Waals surface area contributed by atoms with E-state index in [0.717, 1.165) is 89.9 Å². The topological polar surface area (TPSA) is 134 Å². The number of carbonyl (C=O) groups excluding carboxylic acids is 2. The highest BCUT2D eigenvalue weighted by molar-refractivity contribution is 7.47. The monoisotopic (exact) mass is 790 g/mol. The van der Waals surface area contributed by atoms with Crippen LogP contribution in [0.15, 0.2) is 85.1 Å². The van der Waals surface area contributed by atoms with Crippen LogP contribution in [0.5, 0.6) is 0 Å². The standard InChI is InChI=1S/C45H76NO8P/c1-3-5-7-9-11-13-15-17-19-20-21-22-24-26-28-30-32-34-36-38-45(48)54-43(42-53-55(49,50)52-40-39-46)41-51-44(47)37-35-33-31-29-27-25-23-18-16-14-12-10-8-6-4-2/h6,8,11-14,17-19,21-23,26,28,43H,3-5,7,9-10,15-16,20,24-25,27,29-42,46H2,1-2H3,(H,49,50)/t43-/m1/s1. The molecule has 0 aromatic rings. The lowest BCUT2D eigenvalue weighted by molar-refractivity contribution is -0.161. The fourth-order valence-electron chi connectivity index (χ4n) is 5.16. The van der Waals surface area contributed by atoms with Gasteiger partial charge in [-0.25, -0.2) is 4.57 Å². The lowest BCUT2D eigenvalue weighted by Gasteiger charge is -2.19. The fraction of sp³-hybridized carbons (Fsp3) is 0.644. The van der Waals surface area contributed by atoms with Crippen LogP contribution in [0.4, 0.5) is 0 Å². The molecule has 0 saturated heterocycles. The summed E-state index contributed by atoms with van der Waals surface area (Å²) in [5.41, 5.74) is 5.34. The molecule has 0 radical (unpaired) electrons. The molecule has 2 atom stereocenters. The average Bonchev–Trinajstić information content (AvgIpc) is 3.17. The maximum atomic E-state index is 12.6. The molecule has 0 spiro atoms. The van der Waals surface area contributed by atoms with Crippen LogP contribution in [-0.2, 0) is 32.7 Å². The molecule has 0 saturated carbocycles. The normalized spacial score (nSPS) is 14.2. The van der Waals surface area contributed by atoms with E-state index < -0.39 is 32.5 Å². The smallest absolute Gasteiger partial charge is 0.462 e. The Morgan fingerprint density at radius 1 is 0.564 bits per heavy atom. The molecule has 0 rings (SSSR count). The number of unbranched alkanes of at least 4 members (excludes halogenated alkanes) is 11. The van der Waals surface area contributed by atoms with Gasteiger partial charge in [-0.05, 0) is 89.9 Å². The van der Waals surface area contributed by atoms with Gasteiger partial charge in [-0.1, -0.05) is 137 Å². The third-order valence-electron chi connectivity index (χ3n) is 8.27. The largest absolute Gasteiger partial charge is 0.472 e. The van der Waals surface area contributed by atoms with E-state index in [1.165, 1.54) is 25.7 Å². The van der Waals surface area contributed by atoms with Crippen LogP contribution >= 0.6 is 7.82 Å². The minimum Gasteiger partial charge on any atom is -0.462 e. The summed E-state index contributed by atoms with van der Waals surface area (Å²) in [5, 5.41) is 0. The Morgan fingerprint density at radius 3 is 1.51 bits per heavy atom. The Bertz CT molecular complexity index is 1170. The minimum absolute atomic E-state index is 0.0405. The summed E-state index contributed by atoms with van der Waals surface area (Å²) in [6.07, 6.45) is 50.4. The Labute approximate surface area is 334 Å². The summed E-state index contributed by atoms with van der Waals surface area (Å²) < 4.78 is 32.7. The third-order valence-corrected chi connectivity index (χ3v) is 9.25. The van der Waals surface area contributed by atoms with Crippen molar-refractivity contribution in [3.63, 3.8) is 0 Å². The summed E-state index contributed by atoms with van der Waals surface area (Å²) >= 11 is 0. The van der Waals surface area contributed by atoms with Crippen molar-refractivity contribution >= 4 is 19.8 Å². The number of phosphoric acid groups is 1. The highest BCUT2D eigenvalue weighted by Gasteiger charge is 2.25. The first kappa shape index (κ1) is 52.2. The number of nitrogens with two attached hydrogens (primary N) is 1. The van der Waals surface area contributed by atoms with E-state index in [1.54, 1.807) is 0 Å². The van der Waals surface area contributed by atoms with E-state index in [4.69, 9.17) is 24.3 Å². The van der Waals surface area contributed by atoms with Gasteiger partial charge in [0.05, 0.1) is 13.2 Å². The van der Waals surface area contributed by atoms with Crippen LogP contribution < -0.4 is 5.73 Å².